The van der Waals surface area contributed by atoms with Gasteiger partial charge in [-0.25, -0.2) is 0 Å². The van der Waals surface area contributed by atoms with Crippen molar-refractivity contribution in [1.29, 1.82) is 0 Å². The predicted molar refractivity (Wildman–Crippen MR) is 49.4 cm³/mol. The van der Waals surface area contributed by atoms with Gasteiger partial charge in [0, 0.05) is 13.2 Å². The van der Waals surface area contributed by atoms with Crippen molar-refractivity contribution in [2.75, 3.05) is 24.2 Å². The predicted octanol–water partition coefficient (Wildman–Crippen LogP) is -0.0985. The fourth-order valence-electron chi connectivity index (χ4n) is 0.724. The van der Waals surface area contributed by atoms with E-state index in [1.54, 1.807) is 0 Å². The Labute approximate surface area is 80.2 Å². The molecule has 0 radical (unpaired) electrons. The molecule has 0 saturated carbocycles. The van der Waals surface area contributed by atoms with Crippen molar-refractivity contribution in [3.8, 4) is 0 Å². The van der Waals surface area contributed by atoms with Crippen molar-refractivity contribution in [2.45, 2.75) is 6.42 Å². The van der Waals surface area contributed by atoms with Crippen LogP contribution in [0, 0.1) is 0 Å². The number of halogens is 1. The average Bonchev–Trinajstić information content (AvgIpc) is 2.03. The maximum Gasteiger partial charge on any atom is 0.228 e. The number of aliphatic hydroxyl groups is 1. The van der Waals surface area contributed by atoms with Gasteiger partial charge in [0.2, 0.25) is 17.2 Å². The molecule has 0 aromatic carbocycles. The molecule has 13 heavy (non-hydrogen) atoms. The molecule has 1 rings (SSSR count). The molecule has 0 aliphatic heterocycles. The number of nitrogen functional groups attached to an aromatic ring is 1. The normalized spacial score (nSPS) is 10.0. The Kier molecular flexibility index (Phi) is 3.66. The van der Waals surface area contributed by atoms with Crippen LogP contribution in [0.1, 0.15) is 6.42 Å². The van der Waals surface area contributed by atoms with E-state index in [9.17, 15) is 0 Å². The number of hydrogen-bond donors (Lipinski definition) is 3. The van der Waals surface area contributed by atoms with E-state index in [2.05, 4.69) is 20.3 Å². The van der Waals surface area contributed by atoms with E-state index in [0.717, 1.165) is 0 Å². The molecule has 1 aromatic rings. The van der Waals surface area contributed by atoms with Crippen LogP contribution in [-0.2, 0) is 0 Å². The fraction of sp³-hybridized carbons (Fsp3) is 0.500. The summed E-state index contributed by atoms with van der Waals surface area (Å²) in [4.78, 5) is 11.2. The molecule has 0 spiro atoms. The topological polar surface area (TPSA) is 97.0 Å². The summed E-state index contributed by atoms with van der Waals surface area (Å²) in [6, 6.07) is 0. The first-order valence-electron chi connectivity index (χ1n) is 3.74. The van der Waals surface area contributed by atoms with E-state index in [0.29, 0.717) is 18.9 Å². The maximum atomic E-state index is 8.51. The third-order valence-electron chi connectivity index (χ3n) is 1.24. The van der Waals surface area contributed by atoms with Gasteiger partial charge in [-0.3, -0.25) is 0 Å². The number of nitrogens with zero attached hydrogens (tertiary/aromatic N) is 3. The van der Waals surface area contributed by atoms with Crippen molar-refractivity contribution in [2.24, 2.45) is 0 Å². The number of anilines is 2. The number of hydrogen-bond acceptors (Lipinski definition) is 6. The van der Waals surface area contributed by atoms with Crippen LogP contribution in [0.25, 0.3) is 0 Å². The van der Waals surface area contributed by atoms with Gasteiger partial charge in [-0.05, 0) is 18.0 Å². The number of nitrogens with two attached hydrogens (primary N) is 1. The summed E-state index contributed by atoms with van der Waals surface area (Å²) in [5.74, 6) is 0.400. The van der Waals surface area contributed by atoms with Crippen LogP contribution < -0.4 is 11.1 Å². The van der Waals surface area contributed by atoms with Crippen molar-refractivity contribution < 1.29 is 5.11 Å². The lowest BCUT2D eigenvalue weighted by Crippen LogP contribution is -2.09. The Balaban J connectivity index is 2.56. The highest BCUT2D eigenvalue weighted by atomic mass is 35.5. The third kappa shape index (κ3) is 3.39. The molecule has 0 bridgehead atoms. The van der Waals surface area contributed by atoms with Crippen LogP contribution >= 0.6 is 11.6 Å². The van der Waals surface area contributed by atoms with Crippen LogP contribution in [0.5, 0.6) is 0 Å². The summed E-state index contributed by atoms with van der Waals surface area (Å²) in [6.45, 7) is 0.678. The number of aromatic nitrogens is 3. The molecule has 7 heteroatoms. The summed E-state index contributed by atoms with van der Waals surface area (Å²) in [5.41, 5.74) is 5.33. The van der Waals surface area contributed by atoms with Crippen molar-refractivity contribution in [3.63, 3.8) is 0 Å². The van der Waals surface area contributed by atoms with Gasteiger partial charge in [0.25, 0.3) is 0 Å². The molecule has 0 amide bonds. The maximum absolute atomic E-state index is 8.51. The molecular formula is C6H10ClN5O. The van der Waals surface area contributed by atoms with Gasteiger partial charge in [-0.2, -0.15) is 15.0 Å². The van der Waals surface area contributed by atoms with Crippen molar-refractivity contribution in [1.82, 2.24) is 15.0 Å². The second-order valence-corrected chi connectivity index (χ2v) is 2.63. The molecule has 0 fully saturated rings. The van der Waals surface area contributed by atoms with Crippen LogP contribution in [0.15, 0.2) is 0 Å². The fourth-order valence-corrected chi connectivity index (χ4v) is 0.890. The summed E-state index contributed by atoms with van der Waals surface area (Å²) < 4.78 is 0. The van der Waals surface area contributed by atoms with Gasteiger partial charge < -0.3 is 16.2 Å². The SMILES string of the molecule is Nc1nc(Cl)nc(NCCCO)n1. The van der Waals surface area contributed by atoms with Crippen LogP contribution in [-0.4, -0.2) is 33.2 Å². The van der Waals surface area contributed by atoms with E-state index < -0.39 is 0 Å². The molecule has 0 atom stereocenters. The minimum atomic E-state index is 0.0546. The second kappa shape index (κ2) is 4.78. The van der Waals surface area contributed by atoms with E-state index in [1.165, 1.54) is 0 Å². The molecule has 72 valence electrons. The smallest absolute Gasteiger partial charge is 0.228 e. The molecule has 0 saturated heterocycles. The molecule has 1 heterocycles. The first-order chi connectivity index (χ1) is 6.22. The zero-order valence-corrected chi connectivity index (χ0v) is 7.62. The Morgan fingerprint density at radius 3 is 2.77 bits per heavy atom. The first-order valence-corrected chi connectivity index (χ1v) is 4.12. The zero-order valence-electron chi connectivity index (χ0n) is 6.87. The highest BCUT2D eigenvalue weighted by Crippen LogP contribution is 2.06. The van der Waals surface area contributed by atoms with Gasteiger partial charge in [-0.15, -0.1) is 0 Å². The van der Waals surface area contributed by atoms with Crippen molar-refractivity contribution in [3.05, 3.63) is 5.28 Å². The molecule has 0 aliphatic carbocycles. The largest absolute Gasteiger partial charge is 0.396 e. The Morgan fingerprint density at radius 1 is 1.38 bits per heavy atom. The summed E-state index contributed by atoms with van der Waals surface area (Å²) in [5, 5.41) is 11.4. The lowest BCUT2D eigenvalue weighted by atomic mass is 10.4. The number of rotatable bonds is 4. The number of nitrogens with one attached hydrogen (secondary N) is 1. The molecule has 0 aliphatic rings. The zero-order chi connectivity index (χ0) is 9.68. The van der Waals surface area contributed by atoms with Crippen LogP contribution in [0.2, 0.25) is 5.28 Å². The average molecular weight is 204 g/mol. The van der Waals surface area contributed by atoms with Crippen molar-refractivity contribution >= 4 is 23.5 Å². The summed E-state index contributed by atoms with van der Waals surface area (Å²) >= 11 is 5.53. The molecule has 1 aromatic heterocycles. The van der Waals surface area contributed by atoms with E-state index in [1.807, 2.05) is 0 Å². The first kappa shape index (κ1) is 9.94. The Morgan fingerprint density at radius 2 is 2.15 bits per heavy atom. The molecule has 4 N–H and O–H groups in total. The van der Waals surface area contributed by atoms with E-state index in [4.69, 9.17) is 22.4 Å². The summed E-state index contributed by atoms with van der Waals surface area (Å²) in [7, 11) is 0. The molecule has 6 nitrogen and oxygen atoms in total. The van der Waals surface area contributed by atoms with Gasteiger partial charge >= 0.3 is 0 Å². The molecular weight excluding hydrogens is 194 g/mol. The Bertz CT molecular complexity index is 261. The van der Waals surface area contributed by atoms with Gasteiger partial charge in [0.1, 0.15) is 0 Å². The van der Waals surface area contributed by atoms with E-state index in [-0.39, 0.29) is 17.8 Å². The van der Waals surface area contributed by atoms with Gasteiger partial charge in [0.05, 0.1) is 0 Å². The minimum absolute atomic E-state index is 0.0546. The van der Waals surface area contributed by atoms with E-state index >= 15 is 0 Å². The molecule has 0 unspecified atom stereocenters. The monoisotopic (exact) mass is 203 g/mol. The third-order valence-corrected chi connectivity index (χ3v) is 1.41. The van der Waals surface area contributed by atoms with Crippen LogP contribution in [0.4, 0.5) is 11.9 Å². The minimum Gasteiger partial charge on any atom is -0.396 e. The lowest BCUT2D eigenvalue weighted by molar-refractivity contribution is 0.292. The summed E-state index contributed by atoms with van der Waals surface area (Å²) in [6.07, 6.45) is 0.614. The van der Waals surface area contributed by atoms with Crippen LogP contribution in [0.3, 0.4) is 0 Å². The van der Waals surface area contributed by atoms with Gasteiger partial charge in [-0.1, -0.05) is 0 Å². The Hall–Kier alpha value is -1.14. The second-order valence-electron chi connectivity index (χ2n) is 2.29. The standard InChI is InChI=1S/C6H10ClN5O/c7-4-10-5(8)12-6(11-4)9-2-1-3-13/h13H,1-3H2,(H3,8,9,10,11,12). The highest BCUT2D eigenvalue weighted by Gasteiger charge is 2.00. The lowest BCUT2D eigenvalue weighted by Gasteiger charge is -2.03. The highest BCUT2D eigenvalue weighted by molar-refractivity contribution is 6.28. The van der Waals surface area contributed by atoms with Gasteiger partial charge in [0.15, 0.2) is 0 Å². The number of aliphatic hydroxyl groups excluding tert-OH is 1. The quantitative estimate of drug-likeness (QED) is 0.592.